The highest BCUT2D eigenvalue weighted by molar-refractivity contribution is 6.30. The number of amides is 2. The Hall–Kier alpha value is -3.19. The number of halogens is 1. The fourth-order valence-corrected chi connectivity index (χ4v) is 4.32. The first-order valence-corrected chi connectivity index (χ1v) is 11.0. The molecule has 3 aromatic rings. The van der Waals surface area contributed by atoms with Crippen LogP contribution >= 0.6 is 11.6 Å². The molecule has 7 nitrogen and oxygen atoms in total. The van der Waals surface area contributed by atoms with Crippen molar-refractivity contribution >= 4 is 40.0 Å². The highest BCUT2D eigenvalue weighted by Gasteiger charge is 2.27. The van der Waals surface area contributed by atoms with Crippen molar-refractivity contribution in [2.75, 3.05) is 38.2 Å². The van der Waals surface area contributed by atoms with Crippen LogP contribution in [0.1, 0.15) is 17.4 Å². The zero-order valence-electron chi connectivity index (χ0n) is 18.5. The molecule has 0 saturated carbocycles. The van der Waals surface area contributed by atoms with E-state index in [0.29, 0.717) is 23.8 Å². The topological polar surface area (TPSA) is 66.8 Å². The van der Waals surface area contributed by atoms with Gasteiger partial charge in [0.05, 0.1) is 7.11 Å². The maximum atomic E-state index is 13.0. The van der Waals surface area contributed by atoms with Crippen LogP contribution in [0.5, 0.6) is 5.75 Å². The number of aryl methyl sites for hydroxylation is 1. The molecule has 2 amide bonds. The van der Waals surface area contributed by atoms with Crippen molar-refractivity contribution in [2.24, 2.45) is 7.05 Å². The van der Waals surface area contributed by atoms with Crippen LogP contribution in [0.15, 0.2) is 48.5 Å². The molecule has 32 heavy (non-hydrogen) atoms. The van der Waals surface area contributed by atoms with Crippen molar-refractivity contribution in [1.82, 2.24) is 14.8 Å². The van der Waals surface area contributed by atoms with Gasteiger partial charge in [-0.1, -0.05) is 17.7 Å². The predicted octanol–water partition coefficient (Wildman–Crippen LogP) is 3.31. The largest absolute Gasteiger partial charge is 0.497 e. The Balaban J connectivity index is 1.38. The number of aromatic nitrogens is 1. The maximum Gasteiger partial charge on any atom is 0.268 e. The number of hydrogen-bond donors (Lipinski definition) is 1. The van der Waals surface area contributed by atoms with Crippen LogP contribution in [0, 0.1) is 0 Å². The number of nitrogens with zero attached hydrogens (tertiary/aromatic N) is 3. The first-order chi connectivity index (χ1) is 15.4. The second-order valence-corrected chi connectivity index (χ2v) is 8.44. The number of rotatable bonds is 5. The number of ether oxygens (including phenoxy) is 1. The zero-order valence-corrected chi connectivity index (χ0v) is 19.2. The van der Waals surface area contributed by atoms with Crippen LogP contribution < -0.4 is 15.0 Å². The number of anilines is 1. The van der Waals surface area contributed by atoms with Gasteiger partial charge >= 0.3 is 0 Å². The molecule has 1 aliphatic heterocycles. The van der Waals surface area contributed by atoms with Gasteiger partial charge in [-0.05, 0) is 49.4 Å². The van der Waals surface area contributed by atoms with Gasteiger partial charge in [-0.3, -0.25) is 9.59 Å². The molecule has 1 aliphatic rings. The van der Waals surface area contributed by atoms with Crippen LogP contribution in [0.25, 0.3) is 10.9 Å². The number of piperazine rings is 1. The Morgan fingerprint density at radius 3 is 2.50 bits per heavy atom. The number of methoxy groups -OCH3 is 1. The minimum absolute atomic E-state index is 0.0791. The van der Waals surface area contributed by atoms with Gasteiger partial charge in [0.1, 0.15) is 17.5 Å². The fraction of sp³-hybridized carbons (Fsp3) is 0.333. The monoisotopic (exact) mass is 454 g/mol. The van der Waals surface area contributed by atoms with E-state index in [1.807, 2.05) is 60.1 Å². The molecule has 1 atom stereocenters. The normalized spacial score (nSPS) is 15.0. The SMILES string of the molecule is COc1ccc2c(c1)cc(C(=O)N[C@@H](C)C(=O)N1CCN(c3cccc(Cl)c3)CC1)n2C. The van der Waals surface area contributed by atoms with Crippen molar-refractivity contribution < 1.29 is 14.3 Å². The van der Waals surface area contributed by atoms with Gasteiger partial charge < -0.3 is 24.4 Å². The van der Waals surface area contributed by atoms with E-state index in [4.69, 9.17) is 16.3 Å². The van der Waals surface area contributed by atoms with Crippen molar-refractivity contribution in [3.8, 4) is 5.75 Å². The van der Waals surface area contributed by atoms with E-state index in [1.54, 1.807) is 18.9 Å². The molecular formula is C24H27ClN4O3. The average molecular weight is 455 g/mol. The summed E-state index contributed by atoms with van der Waals surface area (Å²) in [6.45, 7) is 4.36. The third kappa shape index (κ3) is 4.39. The van der Waals surface area contributed by atoms with Crippen molar-refractivity contribution in [3.63, 3.8) is 0 Å². The molecule has 0 spiro atoms. The first-order valence-electron chi connectivity index (χ1n) is 10.6. The Morgan fingerprint density at radius 1 is 1.06 bits per heavy atom. The summed E-state index contributed by atoms with van der Waals surface area (Å²) in [4.78, 5) is 29.9. The number of carbonyl (C=O) groups is 2. The maximum absolute atomic E-state index is 13.0. The van der Waals surface area contributed by atoms with E-state index in [2.05, 4.69) is 10.2 Å². The molecule has 2 aromatic carbocycles. The summed E-state index contributed by atoms with van der Waals surface area (Å²) in [6.07, 6.45) is 0. The van der Waals surface area contributed by atoms with Gasteiger partial charge in [0.2, 0.25) is 5.91 Å². The van der Waals surface area contributed by atoms with E-state index in [9.17, 15) is 9.59 Å². The van der Waals surface area contributed by atoms with Gasteiger partial charge in [-0.15, -0.1) is 0 Å². The standard InChI is InChI=1S/C24H27ClN4O3/c1-16(24(31)29-11-9-28(10-12-29)19-6-4-5-18(25)15-19)26-23(30)22-14-17-13-20(32-3)7-8-21(17)27(22)2/h4-8,13-16H,9-12H2,1-3H3,(H,26,30)/t16-/m0/s1. The van der Waals surface area contributed by atoms with Crippen LogP contribution in [-0.2, 0) is 11.8 Å². The van der Waals surface area contributed by atoms with Crippen LogP contribution in [0.3, 0.4) is 0 Å². The van der Waals surface area contributed by atoms with Crippen molar-refractivity contribution in [3.05, 3.63) is 59.2 Å². The van der Waals surface area contributed by atoms with Gasteiger partial charge in [0.15, 0.2) is 0 Å². The lowest BCUT2D eigenvalue weighted by Crippen LogP contribution is -2.54. The number of hydrogen-bond acceptors (Lipinski definition) is 4. The molecule has 0 aliphatic carbocycles. The third-order valence-electron chi connectivity index (χ3n) is 5.96. The Bertz CT molecular complexity index is 1150. The Kier molecular flexibility index (Phi) is 6.28. The molecule has 1 N–H and O–H groups in total. The third-order valence-corrected chi connectivity index (χ3v) is 6.20. The first kappa shape index (κ1) is 22.0. The van der Waals surface area contributed by atoms with E-state index in [1.165, 1.54) is 0 Å². The van der Waals surface area contributed by atoms with Crippen molar-refractivity contribution in [2.45, 2.75) is 13.0 Å². The molecular weight excluding hydrogens is 428 g/mol. The minimum atomic E-state index is -0.618. The number of nitrogens with one attached hydrogen (secondary N) is 1. The zero-order chi connectivity index (χ0) is 22.8. The minimum Gasteiger partial charge on any atom is -0.497 e. The molecule has 1 saturated heterocycles. The molecule has 8 heteroatoms. The van der Waals surface area contributed by atoms with Crippen molar-refractivity contribution in [1.29, 1.82) is 0 Å². The molecule has 168 valence electrons. The number of carbonyl (C=O) groups excluding carboxylic acids is 2. The average Bonchev–Trinajstić information content (AvgIpc) is 3.14. The summed E-state index contributed by atoms with van der Waals surface area (Å²) in [5.41, 5.74) is 2.48. The summed E-state index contributed by atoms with van der Waals surface area (Å²) >= 11 is 6.10. The smallest absolute Gasteiger partial charge is 0.268 e. The van der Waals surface area contributed by atoms with E-state index >= 15 is 0 Å². The number of benzene rings is 2. The van der Waals surface area contributed by atoms with Gasteiger partial charge in [0.25, 0.3) is 5.91 Å². The van der Waals surface area contributed by atoms with E-state index in [0.717, 1.165) is 35.4 Å². The molecule has 1 aromatic heterocycles. The van der Waals surface area contributed by atoms with Crippen LogP contribution in [0.4, 0.5) is 5.69 Å². The quantitative estimate of drug-likeness (QED) is 0.642. The molecule has 2 heterocycles. The Morgan fingerprint density at radius 2 is 1.81 bits per heavy atom. The summed E-state index contributed by atoms with van der Waals surface area (Å²) in [5.74, 6) is 0.376. The van der Waals surface area contributed by atoms with Crippen LogP contribution in [0.2, 0.25) is 5.02 Å². The summed E-state index contributed by atoms with van der Waals surface area (Å²) in [7, 11) is 3.45. The van der Waals surface area contributed by atoms with Gasteiger partial charge in [-0.25, -0.2) is 0 Å². The second kappa shape index (κ2) is 9.12. The number of fused-ring (bicyclic) bond motifs is 1. The summed E-state index contributed by atoms with van der Waals surface area (Å²) in [6, 6.07) is 14.6. The lowest BCUT2D eigenvalue weighted by atomic mass is 10.2. The van der Waals surface area contributed by atoms with Crippen LogP contribution in [-0.4, -0.2) is 60.6 Å². The molecule has 0 unspecified atom stereocenters. The Labute approximate surface area is 192 Å². The molecule has 4 rings (SSSR count). The predicted molar refractivity (Wildman–Crippen MR) is 127 cm³/mol. The lowest BCUT2D eigenvalue weighted by molar-refractivity contribution is -0.133. The second-order valence-electron chi connectivity index (χ2n) is 8.00. The lowest BCUT2D eigenvalue weighted by Gasteiger charge is -2.37. The highest BCUT2D eigenvalue weighted by Crippen LogP contribution is 2.24. The van der Waals surface area contributed by atoms with Gasteiger partial charge in [-0.2, -0.15) is 0 Å². The van der Waals surface area contributed by atoms with E-state index < -0.39 is 6.04 Å². The molecule has 0 bridgehead atoms. The highest BCUT2D eigenvalue weighted by atomic mass is 35.5. The molecule has 1 fully saturated rings. The van der Waals surface area contributed by atoms with E-state index in [-0.39, 0.29) is 11.8 Å². The summed E-state index contributed by atoms with van der Waals surface area (Å²) < 4.78 is 7.09. The molecule has 0 radical (unpaired) electrons. The summed E-state index contributed by atoms with van der Waals surface area (Å²) in [5, 5.41) is 4.47. The fourth-order valence-electron chi connectivity index (χ4n) is 4.14. The van der Waals surface area contributed by atoms with Gasteiger partial charge in [0, 0.05) is 54.8 Å².